The molecule has 0 bridgehead atoms. The number of nitrogens with zero attached hydrogens (tertiary/aromatic N) is 2. The number of aromatic nitrogens is 2. The Bertz CT molecular complexity index is 663. The molecule has 0 amide bonds. The molecule has 4 nitrogen and oxygen atoms in total. The molecule has 1 heterocycles. The number of rotatable bonds is 3. The summed E-state index contributed by atoms with van der Waals surface area (Å²) in [6.07, 6.45) is 3.58. The van der Waals surface area contributed by atoms with E-state index in [1.807, 2.05) is 0 Å². The van der Waals surface area contributed by atoms with Crippen LogP contribution in [0.2, 0.25) is 0 Å². The Kier molecular flexibility index (Phi) is 4.60. The molecule has 1 aromatic rings. The molecule has 0 fully saturated rings. The highest BCUT2D eigenvalue weighted by Crippen LogP contribution is 2.44. The summed E-state index contributed by atoms with van der Waals surface area (Å²) in [7, 11) is 0. The molecule has 0 atom stereocenters. The van der Waals surface area contributed by atoms with Crippen LogP contribution in [0.5, 0.6) is 0 Å². The van der Waals surface area contributed by atoms with E-state index in [0.29, 0.717) is 5.69 Å². The third-order valence-electron chi connectivity index (χ3n) is 4.60. The lowest BCUT2D eigenvalue weighted by molar-refractivity contribution is -0.140. The Morgan fingerprint density at radius 1 is 1.22 bits per heavy atom. The van der Waals surface area contributed by atoms with Crippen molar-refractivity contribution in [3.63, 3.8) is 0 Å². The van der Waals surface area contributed by atoms with Crippen molar-refractivity contribution in [2.24, 2.45) is 0 Å². The first kappa shape index (κ1) is 17.6. The van der Waals surface area contributed by atoms with Crippen LogP contribution in [0.15, 0.2) is 12.0 Å². The number of fused-ring (bicyclic) bond motifs is 1. The lowest BCUT2D eigenvalue weighted by Crippen LogP contribution is -2.36. The number of esters is 1. The van der Waals surface area contributed by atoms with Gasteiger partial charge < -0.3 is 4.74 Å². The zero-order valence-electron chi connectivity index (χ0n) is 14.8. The van der Waals surface area contributed by atoms with Crippen molar-refractivity contribution in [3.05, 3.63) is 29.1 Å². The average Bonchev–Trinajstić information content (AvgIpc) is 2.50. The van der Waals surface area contributed by atoms with Gasteiger partial charge in [0.25, 0.3) is 0 Å². The number of hydrogen-bond acceptors (Lipinski definition) is 4. The molecule has 1 aliphatic rings. The molecule has 1 aromatic heterocycles. The maximum atomic E-state index is 14.2. The zero-order chi connectivity index (χ0) is 17.4. The summed E-state index contributed by atoms with van der Waals surface area (Å²) in [6, 6.07) is 0. The van der Waals surface area contributed by atoms with Gasteiger partial charge >= 0.3 is 5.97 Å². The number of ether oxygens (including phenoxy) is 1. The Morgan fingerprint density at radius 2 is 1.78 bits per heavy atom. The van der Waals surface area contributed by atoms with Crippen molar-refractivity contribution in [2.75, 3.05) is 6.61 Å². The number of halogens is 1. The van der Waals surface area contributed by atoms with Crippen LogP contribution in [0.25, 0.3) is 5.57 Å². The predicted molar refractivity (Wildman–Crippen MR) is 87.7 cm³/mol. The minimum Gasteiger partial charge on any atom is -0.461 e. The van der Waals surface area contributed by atoms with Crippen LogP contribution in [0.1, 0.15) is 71.5 Å². The second-order valence-corrected chi connectivity index (χ2v) is 7.38. The Hall–Kier alpha value is -1.78. The van der Waals surface area contributed by atoms with Crippen LogP contribution in [-0.4, -0.2) is 22.5 Å². The van der Waals surface area contributed by atoms with Crippen molar-refractivity contribution < 1.29 is 13.9 Å². The van der Waals surface area contributed by atoms with Crippen LogP contribution >= 0.6 is 0 Å². The molecule has 1 aliphatic carbocycles. The van der Waals surface area contributed by atoms with Gasteiger partial charge in [-0.3, -0.25) is 4.98 Å². The van der Waals surface area contributed by atoms with E-state index >= 15 is 0 Å². The topological polar surface area (TPSA) is 52.1 Å². The zero-order valence-corrected chi connectivity index (χ0v) is 14.8. The monoisotopic (exact) mass is 320 g/mol. The van der Waals surface area contributed by atoms with Crippen molar-refractivity contribution >= 4 is 11.5 Å². The van der Waals surface area contributed by atoms with Gasteiger partial charge in [-0.05, 0) is 26.7 Å². The first-order valence-electron chi connectivity index (χ1n) is 8.02. The molecule has 126 valence electrons. The molecule has 2 rings (SSSR count). The molecule has 5 heteroatoms. The highest BCUT2D eigenvalue weighted by atomic mass is 19.1. The molecule has 0 saturated heterocycles. The molecule has 0 N–H and O–H groups in total. The largest absolute Gasteiger partial charge is 0.461 e. The van der Waals surface area contributed by atoms with E-state index in [1.165, 1.54) is 6.92 Å². The average molecular weight is 320 g/mol. The van der Waals surface area contributed by atoms with Crippen LogP contribution in [0.3, 0.4) is 0 Å². The lowest BCUT2D eigenvalue weighted by atomic mass is 9.67. The molecule has 0 unspecified atom stereocenters. The van der Waals surface area contributed by atoms with E-state index in [2.05, 4.69) is 37.7 Å². The first-order valence-corrected chi connectivity index (χ1v) is 8.02. The maximum Gasteiger partial charge on any atom is 0.367 e. The summed E-state index contributed by atoms with van der Waals surface area (Å²) in [5.74, 6) is -1.86. The highest BCUT2D eigenvalue weighted by Gasteiger charge is 2.39. The van der Waals surface area contributed by atoms with Gasteiger partial charge in [0.05, 0.1) is 29.9 Å². The predicted octanol–water partition coefficient (Wildman–Crippen LogP) is 4.09. The molecule has 0 radical (unpaired) electrons. The molecule has 0 spiro atoms. The normalized spacial score (nSPS) is 19.6. The quantitative estimate of drug-likeness (QED) is 0.622. The molecular formula is C18H25FN2O2. The first-order chi connectivity index (χ1) is 10.6. The standard InChI is InChI=1S/C18H25FN2O2/c1-7-23-16(22)13(19)11(2)12-10-20-14-15(21-12)18(5,6)9-8-17(14,3)4/h10H,7-9H2,1-6H3/b13-11-. The Morgan fingerprint density at radius 3 is 2.35 bits per heavy atom. The second kappa shape index (κ2) is 6.02. The van der Waals surface area contributed by atoms with Gasteiger partial charge in [-0.25, -0.2) is 9.78 Å². The highest BCUT2D eigenvalue weighted by molar-refractivity contribution is 5.94. The second-order valence-electron chi connectivity index (χ2n) is 7.38. The number of hydrogen-bond donors (Lipinski definition) is 0. The fourth-order valence-corrected chi connectivity index (χ4v) is 2.86. The molecule has 0 aromatic carbocycles. The van der Waals surface area contributed by atoms with Crippen molar-refractivity contribution in [1.29, 1.82) is 0 Å². The third-order valence-corrected chi connectivity index (χ3v) is 4.60. The van der Waals surface area contributed by atoms with Gasteiger partial charge in [-0.1, -0.05) is 27.7 Å². The van der Waals surface area contributed by atoms with E-state index in [0.717, 1.165) is 24.2 Å². The van der Waals surface area contributed by atoms with Gasteiger partial charge in [0.1, 0.15) is 0 Å². The van der Waals surface area contributed by atoms with Gasteiger partial charge in [0.15, 0.2) is 0 Å². The van der Waals surface area contributed by atoms with Gasteiger partial charge in [0.2, 0.25) is 5.83 Å². The third kappa shape index (κ3) is 3.28. The summed E-state index contributed by atoms with van der Waals surface area (Å²) in [5, 5.41) is 0. The van der Waals surface area contributed by atoms with Crippen LogP contribution in [0.4, 0.5) is 4.39 Å². The summed E-state index contributed by atoms with van der Waals surface area (Å²) < 4.78 is 18.9. The molecule has 0 saturated carbocycles. The van der Waals surface area contributed by atoms with E-state index in [4.69, 9.17) is 4.74 Å². The van der Waals surface area contributed by atoms with Crippen LogP contribution in [0, 0.1) is 0 Å². The summed E-state index contributed by atoms with van der Waals surface area (Å²) >= 11 is 0. The van der Waals surface area contributed by atoms with E-state index in [-0.39, 0.29) is 23.0 Å². The summed E-state index contributed by atoms with van der Waals surface area (Å²) in [5.41, 5.74) is 2.24. The number of carbonyl (C=O) groups is 1. The fourth-order valence-electron chi connectivity index (χ4n) is 2.86. The van der Waals surface area contributed by atoms with Crippen molar-refractivity contribution in [2.45, 2.75) is 65.2 Å². The van der Waals surface area contributed by atoms with Crippen molar-refractivity contribution in [3.8, 4) is 0 Å². The van der Waals surface area contributed by atoms with E-state index in [9.17, 15) is 9.18 Å². The van der Waals surface area contributed by atoms with Gasteiger partial charge in [-0.15, -0.1) is 0 Å². The van der Waals surface area contributed by atoms with Crippen LogP contribution < -0.4 is 0 Å². The number of carbonyl (C=O) groups excluding carboxylic acids is 1. The van der Waals surface area contributed by atoms with Gasteiger partial charge in [0, 0.05) is 16.4 Å². The summed E-state index contributed by atoms with van der Waals surface area (Å²) in [6.45, 7) is 11.9. The Balaban J connectivity index is 2.52. The van der Waals surface area contributed by atoms with E-state index in [1.54, 1.807) is 13.1 Å². The Labute approximate surface area is 137 Å². The van der Waals surface area contributed by atoms with Gasteiger partial charge in [-0.2, -0.15) is 4.39 Å². The maximum absolute atomic E-state index is 14.2. The minimum atomic E-state index is -0.955. The van der Waals surface area contributed by atoms with Crippen LogP contribution in [-0.2, 0) is 20.4 Å². The fraction of sp³-hybridized carbons (Fsp3) is 0.611. The number of allylic oxidation sites excluding steroid dienone is 1. The minimum absolute atomic E-state index is 0.0479. The lowest BCUT2D eigenvalue weighted by Gasteiger charge is -2.39. The van der Waals surface area contributed by atoms with E-state index < -0.39 is 11.8 Å². The molecule has 23 heavy (non-hydrogen) atoms. The molecule has 0 aliphatic heterocycles. The summed E-state index contributed by atoms with van der Waals surface area (Å²) in [4.78, 5) is 20.8. The SMILES string of the molecule is CCOC(=O)/C(F)=C(\C)c1cnc2c(n1)C(C)(C)CCC2(C)C. The smallest absolute Gasteiger partial charge is 0.367 e. The van der Waals surface area contributed by atoms with Crippen molar-refractivity contribution in [1.82, 2.24) is 9.97 Å². The molecular weight excluding hydrogens is 295 g/mol.